The second-order valence-corrected chi connectivity index (χ2v) is 5.62. The first-order valence-corrected chi connectivity index (χ1v) is 7.28. The fourth-order valence-corrected chi connectivity index (χ4v) is 2.74. The number of aryl methyl sites for hydroxylation is 2. The first-order chi connectivity index (χ1) is 9.19. The normalized spacial score (nSPS) is 17.5. The van der Waals surface area contributed by atoms with Gasteiger partial charge in [-0.15, -0.1) is 0 Å². The smallest absolute Gasteiger partial charge is 0.115 e. The molecule has 3 N–H and O–H groups in total. The molecule has 2 rings (SSSR count). The molecule has 0 heterocycles. The highest BCUT2D eigenvalue weighted by Gasteiger charge is 2.13. The van der Waals surface area contributed by atoms with Crippen molar-refractivity contribution in [2.24, 2.45) is 10.8 Å². The molecule has 0 atom stereocenters. The van der Waals surface area contributed by atoms with Gasteiger partial charge in [0.25, 0.3) is 0 Å². The Bertz CT molecular complexity index is 445. The molecule has 3 nitrogen and oxygen atoms in total. The van der Waals surface area contributed by atoms with Gasteiger partial charge >= 0.3 is 0 Å². The zero-order valence-electron chi connectivity index (χ0n) is 12.1. The Balaban J connectivity index is 2.09. The molecule has 0 aromatic heterocycles. The van der Waals surface area contributed by atoms with Crippen LogP contribution in [0.5, 0.6) is 0 Å². The average Bonchev–Trinajstić information content (AvgIpc) is 2.43. The molecule has 1 aliphatic rings. The van der Waals surface area contributed by atoms with Gasteiger partial charge < -0.3 is 5.43 Å². The van der Waals surface area contributed by atoms with Crippen molar-refractivity contribution in [3.05, 3.63) is 34.9 Å². The minimum Gasteiger partial charge on any atom is -0.312 e. The van der Waals surface area contributed by atoms with Crippen molar-refractivity contribution in [3.8, 4) is 0 Å². The van der Waals surface area contributed by atoms with Crippen molar-refractivity contribution >= 4 is 5.84 Å². The van der Waals surface area contributed by atoms with Crippen molar-refractivity contribution < 1.29 is 0 Å². The van der Waals surface area contributed by atoms with E-state index in [-0.39, 0.29) is 0 Å². The summed E-state index contributed by atoms with van der Waals surface area (Å²) in [5.74, 6) is 6.56. The quantitative estimate of drug-likeness (QED) is 0.379. The first kappa shape index (κ1) is 14.1. The van der Waals surface area contributed by atoms with Crippen molar-refractivity contribution in [1.29, 1.82) is 0 Å². The van der Waals surface area contributed by atoms with E-state index in [0.717, 1.165) is 12.3 Å². The Hall–Kier alpha value is -1.35. The monoisotopic (exact) mass is 259 g/mol. The predicted octanol–water partition coefficient (Wildman–Crippen LogP) is 3.04. The van der Waals surface area contributed by atoms with Gasteiger partial charge in [-0.1, -0.05) is 43.0 Å². The summed E-state index contributed by atoms with van der Waals surface area (Å²) in [5.41, 5.74) is 6.70. The molecule has 0 unspecified atom stereocenters. The number of hydrogen-bond donors (Lipinski definition) is 2. The molecule has 0 radical (unpaired) electrons. The van der Waals surface area contributed by atoms with E-state index in [1.807, 2.05) is 0 Å². The molecule has 1 aromatic carbocycles. The standard InChI is InChI=1S/C16H25N3/c1-12-8-9-13(2)14(10-12)11-16(19-17)18-15-6-4-3-5-7-15/h8-10,15H,3-7,11,17H2,1-2H3,(H,18,19). The molecular formula is C16H25N3. The molecule has 0 spiro atoms. The number of benzene rings is 1. The summed E-state index contributed by atoms with van der Waals surface area (Å²) < 4.78 is 0. The number of rotatable bonds is 3. The van der Waals surface area contributed by atoms with E-state index in [4.69, 9.17) is 10.8 Å². The van der Waals surface area contributed by atoms with Gasteiger partial charge in [0.05, 0.1) is 6.04 Å². The summed E-state index contributed by atoms with van der Waals surface area (Å²) in [4.78, 5) is 4.80. The van der Waals surface area contributed by atoms with Crippen molar-refractivity contribution in [3.63, 3.8) is 0 Å². The summed E-state index contributed by atoms with van der Waals surface area (Å²) >= 11 is 0. The molecule has 104 valence electrons. The highest BCUT2D eigenvalue weighted by molar-refractivity contribution is 5.84. The van der Waals surface area contributed by atoms with E-state index in [1.54, 1.807) is 0 Å². The number of aliphatic imine (C=N–C) groups is 1. The maximum atomic E-state index is 5.65. The lowest BCUT2D eigenvalue weighted by Crippen LogP contribution is -2.33. The number of nitrogens with zero attached hydrogens (tertiary/aromatic N) is 1. The zero-order chi connectivity index (χ0) is 13.7. The van der Waals surface area contributed by atoms with E-state index in [9.17, 15) is 0 Å². The van der Waals surface area contributed by atoms with E-state index in [2.05, 4.69) is 37.5 Å². The van der Waals surface area contributed by atoms with E-state index >= 15 is 0 Å². The number of nitrogens with one attached hydrogen (secondary N) is 1. The molecule has 1 aromatic rings. The lowest BCUT2D eigenvalue weighted by molar-refractivity contribution is 0.442. The largest absolute Gasteiger partial charge is 0.312 e. The maximum Gasteiger partial charge on any atom is 0.115 e. The second kappa shape index (κ2) is 6.71. The summed E-state index contributed by atoms with van der Waals surface area (Å²) in [6.07, 6.45) is 7.18. The van der Waals surface area contributed by atoms with E-state index in [0.29, 0.717) is 6.04 Å². The van der Waals surface area contributed by atoms with Gasteiger partial charge in [-0.3, -0.25) is 4.99 Å². The molecule has 1 aliphatic carbocycles. The lowest BCUT2D eigenvalue weighted by Gasteiger charge is -2.19. The van der Waals surface area contributed by atoms with Crippen molar-refractivity contribution in [2.45, 2.75) is 58.4 Å². The number of hydrogen-bond acceptors (Lipinski definition) is 2. The van der Waals surface area contributed by atoms with Gasteiger partial charge in [0.2, 0.25) is 0 Å². The third-order valence-corrected chi connectivity index (χ3v) is 3.94. The van der Waals surface area contributed by atoms with Crippen LogP contribution in [-0.4, -0.2) is 11.9 Å². The van der Waals surface area contributed by atoms with Crippen LogP contribution < -0.4 is 11.3 Å². The molecule has 0 amide bonds. The highest BCUT2D eigenvalue weighted by Crippen LogP contribution is 2.20. The fraction of sp³-hybridized carbons (Fsp3) is 0.562. The minimum absolute atomic E-state index is 0.463. The molecule has 3 heteroatoms. The van der Waals surface area contributed by atoms with Gasteiger partial charge in [-0.05, 0) is 37.8 Å². The minimum atomic E-state index is 0.463. The molecular weight excluding hydrogens is 234 g/mol. The maximum absolute atomic E-state index is 5.65. The first-order valence-electron chi connectivity index (χ1n) is 7.28. The van der Waals surface area contributed by atoms with Crippen molar-refractivity contribution in [1.82, 2.24) is 5.43 Å². The van der Waals surface area contributed by atoms with Gasteiger partial charge in [0.15, 0.2) is 0 Å². The summed E-state index contributed by atoms with van der Waals surface area (Å²) in [6, 6.07) is 7.00. The van der Waals surface area contributed by atoms with Crippen LogP contribution in [0.2, 0.25) is 0 Å². The Morgan fingerprint density at radius 2 is 2.00 bits per heavy atom. The van der Waals surface area contributed by atoms with Crippen LogP contribution >= 0.6 is 0 Å². The Morgan fingerprint density at radius 1 is 1.26 bits per heavy atom. The number of nitrogens with two attached hydrogens (primary N) is 1. The van der Waals surface area contributed by atoms with Crippen LogP contribution in [0.15, 0.2) is 23.2 Å². The Labute approximate surface area is 116 Å². The average molecular weight is 259 g/mol. The zero-order valence-corrected chi connectivity index (χ0v) is 12.1. The fourth-order valence-electron chi connectivity index (χ4n) is 2.74. The van der Waals surface area contributed by atoms with Gasteiger partial charge in [0, 0.05) is 6.42 Å². The van der Waals surface area contributed by atoms with Gasteiger partial charge in [0.1, 0.15) is 5.84 Å². The van der Waals surface area contributed by atoms with Crippen LogP contribution in [0.3, 0.4) is 0 Å². The third kappa shape index (κ3) is 4.06. The van der Waals surface area contributed by atoms with E-state index < -0.39 is 0 Å². The molecule has 19 heavy (non-hydrogen) atoms. The van der Waals surface area contributed by atoms with Crippen LogP contribution in [0, 0.1) is 13.8 Å². The summed E-state index contributed by atoms with van der Waals surface area (Å²) in [5, 5.41) is 0. The summed E-state index contributed by atoms with van der Waals surface area (Å²) in [7, 11) is 0. The van der Waals surface area contributed by atoms with Crippen LogP contribution in [-0.2, 0) is 6.42 Å². The molecule has 0 aliphatic heterocycles. The molecule has 0 bridgehead atoms. The van der Waals surface area contributed by atoms with Crippen LogP contribution in [0.25, 0.3) is 0 Å². The van der Waals surface area contributed by atoms with E-state index in [1.165, 1.54) is 48.8 Å². The topological polar surface area (TPSA) is 50.4 Å². The van der Waals surface area contributed by atoms with Crippen molar-refractivity contribution in [2.75, 3.05) is 0 Å². The third-order valence-electron chi connectivity index (χ3n) is 3.94. The highest BCUT2D eigenvalue weighted by atomic mass is 15.3. The SMILES string of the molecule is Cc1ccc(C)c(CC(=NC2CCCCC2)NN)c1. The number of amidine groups is 1. The number of hydrazine groups is 1. The lowest BCUT2D eigenvalue weighted by atomic mass is 9.96. The Morgan fingerprint density at radius 3 is 2.68 bits per heavy atom. The molecule has 0 saturated heterocycles. The Kier molecular flexibility index (Phi) is 4.97. The van der Waals surface area contributed by atoms with Gasteiger partial charge in [-0.2, -0.15) is 0 Å². The predicted molar refractivity (Wildman–Crippen MR) is 81.3 cm³/mol. The van der Waals surface area contributed by atoms with Crippen LogP contribution in [0.4, 0.5) is 0 Å². The summed E-state index contributed by atoms with van der Waals surface area (Å²) in [6.45, 7) is 4.26. The molecule has 1 saturated carbocycles. The van der Waals surface area contributed by atoms with Crippen LogP contribution in [0.1, 0.15) is 48.8 Å². The van der Waals surface area contributed by atoms with Gasteiger partial charge in [-0.25, -0.2) is 5.84 Å². The second-order valence-electron chi connectivity index (χ2n) is 5.62. The molecule has 1 fully saturated rings.